The van der Waals surface area contributed by atoms with E-state index in [1.165, 1.54) is 19.3 Å². The van der Waals surface area contributed by atoms with Crippen LogP contribution >= 0.6 is 11.3 Å². The quantitative estimate of drug-likeness (QED) is 0.720. The maximum atomic E-state index is 10.5. The van der Waals surface area contributed by atoms with Crippen LogP contribution in [-0.4, -0.2) is 40.2 Å². The highest BCUT2D eigenvalue weighted by Gasteiger charge is 2.32. The van der Waals surface area contributed by atoms with E-state index in [4.69, 9.17) is 9.40 Å². The van der Waals surface area contributed by atoms with E-state index in [1.807, 2.05) is 17.5 Å². The van der Waals surface area contributed by atoms with Crippen LogP contribution in [0.1, 0.15) is 38.7 Å². The van der Waals surface area contributed by atoms with Gasteiger partial charge in [0.2, 0.25) is 0 Å². The minimum atomic E-state index is -0.953. The summed E-state index contributed by atoms with van der Waals surface area (Å²) in [4.78, 5) is 11.5. The van der Waals surface area contributed by atoms with Gasteiger partial charge in [0.25, 0.3) is 6.01 Å². The Bertz CT molecular complexity index is 948. The van der Waals surface area contributed by atoms with Gasteiger partial charge in [-0.25, -0.2) is 4.98 Å². The minimum absolute atomic E-state index is 0.512. The molecule has 2 aromatic heterocycles. The molecule has 0 amide bonds. The van der Waals surface area contributed by atoms with Gasteiger partial charge in [-0.3, -0.25) is 0 Å². The molecule has 2 bridgehead atoms. The molecular weight excluding hydrogens is 360 g/mol. The fraction of sp³-hybridized carbons (Fsp3) is 0.500. The second-order valence-corrected chi connectivity index (χ2v) is 9.06. The van der Waals surface area contributed by atoms with Gasteiger partial charge in [-0.1, -0.05) is 6.42 Å². The highest BCUT2D eigenvalue weighted by atomic mass is 32.1. The number of anilines is 1. The number of piperazine rings is 1. The molecule has 6 nitrogen and oxygen atoms in total. The monoisotopic (exact) mass is 384 g/mol. The smallest absolute Gasteiger partial charge is 0.298 e. The molecule has 2 atom stereocenters. The van der Waals surface area contributed by atoms with Crippen LogP contribution in [0.25, 0.3) is 21.7 Å². The first-order chi connectivity index (χ1) is 13.0. The summed E-state index contributed by atoms with van der Waals surface area (Å²) in [7, 11) is 0. The molecule has 5 rings (SSSR count). The SMILES string of the molecule is CC(C)(O)c1cc(-c2nccs2)c2oc(N3CC4CCCC(C3)N4)nc2c1. The average molecular weight is 385 g/mol. The van der Waals surface area contributed by atoms with Crippen molar-refractivity contribution >= 4 is 28.5 Å². The van der Waals surface area contributed by atoms with E-state index < -0.39 is 5.60 Å². The largest absolute Gasteiger partial charge is 0.423 e. The summed E-state index contributed by atoms with van der Waals surface area (Å²) in [6, 6.07) is 5.61. The summed E-state index contributed by atoms with van der Waals surface area (Å²) < 4.78 is 6.27. The van der Waals surface area contributed by atoms with Crippen LogP contribution in [-0.2, 0) is 5.60 Å². The second kappa shape index (κ2) is 6.29. The lowest BCUT2D eigenvalue weighted by Crippen LogP contribution is -2.58. The zero-order valence-electron chi connectivity index (χ0n) is 15.6. The lowest BCUT2D eigenvalue weighted by molar-refractivity contribution is 0.0787. The number of thiazole rings is 1. The summed E-state index contributed by atoms with van der Waals surface area (Å²) in [5.74, 6) is 0. The van der Waals surface area contributed by atoms with Gasteiger partial charge in [0.1, 0.15) is 10.5 Å². The van der Waals surface area contributed by atoms with Crippen molar-refractivity contribution < 1.29 is 9.52 Å². The van der Waals surface area contributed by atoms with E-state index in [2.05, 4.69) is 15.2 Å². The predicted molar refractivity (Wildman–Crippen MR) is 107 cm³/mol. The maximum absolute atomic E-state index is 10.5. The van der Waals surface area contributed by atoms with Gasteiger partial charge in [-0.15, -0.1) is 11.3 Å². The molecule has 4 heterocycles. The molecule has 0 spiro atoms. The molecule has 0 saturated carbocycles. The van der Waals surface area contributed by atoms with Crippen molar-refractivity contribution in [3.05, 3.63) is 29.3 Å². The van der Waals surface area contributed by atoms with E-state index >= 15 is 0 Å². The Morgan fingerprint density at radius 3 is 2.70 bits per heavy atom. The number of oxazole rings is 1. The number of piperidine rings is 1. The molecule has 2 unspecified atom stereocenters. The average Bonchev–Trinajstić information content (AvgIpc) is 3.29. The number of fused-ring (bicyclic) bond motifs is 3. The highest BCUT2D eigenvalue weighted by Crippen LogP contribution is 2.37. The molecule has 0 aliphatic carbocycles. The standard InChI is InChI=1S/C20H24N4O2S/c1-20(2,25)12-8-15(18-21-6-7-27-18)17-16(9-12)23-19(26-17)24-10-13-4-3-5-14(11-24)22-13/h6-9,13-14,22,25H,3-5,10-11H2,1-2H3. The molecule has 0 radical (unpaired) electrons. The van der Waals surface area contributed by atoms with Crippen molar-refractivity contribution in [3.63, 3.8) is 0 Å². The number of nitrogens with zero attached hydrogens (tertiary/aromatic N) is 3. The lowest BCUT2D eigenvalue weighted by atomic mass is 9.94. The molecule has 2 aliphatic rings. The Morgan fingerprint density at radius 1 is 1.26 bits per heavy atom. The fourth-order valence-corrected chi connectivity index (χ4v) is 4.84. The molecule has 2 saturated heterocycles. The van der Waals surface area contributed by atoms with Crippen LogP contribution in [0.15, 0.2) is 28.1 Å². The van der Waals surface area contributed by atoms with E-state index in [0.717, 1.165) is 40.3 Å². The summed E-state index contributed by atoms with van der Waals surface area (Å²) in [5.41, 5.74) is 2.28. The van der Waals surface area contributed by atoms with Gasteiger partial charge in [0.15, 0.2) is 5.58 Å². The van der Waals surface area contributed by atoms with Gasteiger partial charge in [0, 0.05) is 36.8 Å². The number of benzene rings is 1. The first-order valence-electron chi connectivity index (χ1n) is 9.56. The Morgan fingerprint density at radius 2 is 2.04 bits per heavy atom. The maximum Gasteiger partial charge on any atom is 0.298 e. The zero-order chi connectivity index (χ0) is 18.6. The summed E-state index contributed by atoms with van der Waals surface area (Å²) in [6.07, 6.45) is 5.51. The molecule has 1 aromatic carbocycles. The Labute approximate surface area is 162 Å². The molecule has 7 heteroatoms. The Hall–Kier alpha value is -1.96. The van der Waals surface area contributed by atoms with Crippen LogP contribution in [0, 0.1) is 0 Å². The van der Waals surface area contributed by atoms with Crippen LogP contribution in [0.4, 0.5) is 6.01 Å². The zero-order valence-corrected chi connectivity index (χ0v) is 16.4. The highest BCUT2D eigenvalue weighted by molar-refractivity contribution is 7.13. The molecule has 27 heavy (non-hydrogen) atoms. The van der Waals surface area contributed by atoms with E-state index in [0.29, 0.717) is 18.1 Å². The van der Waals surface area contributed by atoms with Crippen LogP contribution in [0.3, 0.4) is 0 Å². The second-order valence-electron chi connectivity index (χ2n) is 8.16. The van der Waals surface area contributed by atoms with E-state index in [9.17, 15) is 5.11 Å². The van der Waals surface area contributed by atoms with Gasteiger partial charge >= 0.3 is 0 Å². The van der Waals surface area contributed by atoms with Crippen molar-refractivity contribution in [2.24, 2.45) is 0 Å². The molecule has 2 fully saturated rings. The fourth-order valence-electron chi connectivity index (χ4n) is 4.19. The molecule has 3 aromatic rings. The van der Waals surface area contributed by atoms with Crippen molar-refractivity contribution in [3.8, 4) is 10.6 Å². The van der Waals surface area contributed by atoms with Crippen molar-refractivity contribution in [1.29, 1.82) is 0 Å². The van der Waals surface area contributed by atoms with Crippen molar-refractivity contribution in [2.45, 2.75) is 50.8 Å². The van der Waals surface area contributed by atoms with Crippen molar-refractivity contribution in [1.82, 2.24) is 15.3 Å². The van der Waals surface area contributed by atoms with E-state index in [1.54, 1.807) is 31.4 Å². The number of hydrogen-bond donors (Lipinski definition) is 2. The summed E-state index contributed by atoms with van der Waals surface area (Å²) in [5, 5.41) is 17.1. The number of rotatable bonds is 3. The summed E-state index contributed by atoms with van der Waals surface area (Å²) >= 11 is 1.56. The minimum Gasteiger partial charge on any atom is -0.423 e. The normalized spacial score (nSPS) is 23.1. The molecule has 2 N–H and O–H groups in total. The Kier molecular flexibility index (Phi) is 4.00. The Balaban J connectivity index is 1.61. The van der Waals surface area contributed by atoms with Crippen LogP contribution in [0.2, 0.25) is 0 Å². The third kappa shape index (κ3) is 3.13. The molecular formula is C20H24N4O2S. The van der Waals surface area contributed by atoms with E-state index in [-0.39, 0.29) is 0 Å². The van der Waals surface area contributed by atoms with Gasteiger partial charge in [-0.2, -0.15) is 4.98 Å². The van der Waals surface area contributed by atoms with Gasteiger partial charge in [-0.05, 0) is 44.4 Å². The number of aromatic nitrogens is 2. The third-order valence-corrected chi connectivity index (χ3v) is 6.38. The first kappa shape index (κ1) is 17.2. The molecule has 142 valence electrons. The molecule has 2 aliphatic heterocycles. The topological polar surface area (TPSA) is 74.4 Å². The van der Waals surface area contributed by atoms with Gasteiger partial charge in [0.05, 0.1) is 11.2 Å². The van der Waals surface area contributed by atoms with Crippen LogP contribution in [0.5, 0.6) is 0 Å². The summed E-state index contributed by atoms with van der Waals surface area (Å²) in [6.45, 7) is 5.43. The van der Waals surface area contributed by atoms with Crippen LogP contribution < -0.4 is 10.2 Å². The van der Waals surface area contributed by atoms with Crippen molar-refractivity contribution in [2.75, 3.05) is 18.0 Å². The number of nitrogens with one attached hydrogen (secondary N) is 1. The number of hydrogen-bond acceptors (Lipinski definition) is 7. The predicted octanol–water partition coefficient (Wildman–Crippen LogP) is 3.51. The lowest BCUT2D eigenvalue weighted by Gasteiger charge is -2.41. The number of aliphatic hydroxyl groups is 1. The first-order valence-corrected chi connectivity index (χ1v) is 10.4. The third-order valence-electron chi connectivity index (χ3n) is 5.58. The van der Waals surface area contributed by atoms with Gasteiger partial charge < -0.3 is 19.7 Å².